The number of halogens is 3. The molecule has 1 heterocycles. The summed E-state index contributed by atoms with van der Waals surface area (Å²) >= 11 is 0. The van der Waals surface area contributed by atoms with Crippen molar-refractivity contribution in [2.45, 2.75) is 43.8 Å². The van der Waals surface area contributed by atoms with Gasteiger partial charge in [0.15, 0.2) is 0 Å². The number of piperidine rings is 1. The van der Waals surface area contributed by atoms with Crippen LogP contribution in [0, 0.1) is 17.2 Å². The maximum absolute atomic E-state index is 12.9. The SMILES string of the molecule is N#Cc1ccc(N2CC(c3ccc(C(F)(F)F)cc3)CC[C@H]2COCC2CC2)cc1. The average Bonchev–Trinajstić information content (AvgIpc) is 3.58. The Morgan fingerprint density at radius 2 is 1.63 bits per heavy atom. The van der Waals surface area contributed by atoms with Crippen LogP contribution in [0.3, 0.4) is 0 Å². The van der Waals surface area contributed by atoms with Crippen LogP contribution in [0.15, 0.2) is 48.5 Å². The maximum Gasteiger partial charge on any atom is 0.416 e. The number of nitrogens with zero attached hydrogens (tertiary/aromatic N) is 2. The van der Waals surface area contributed by atoms with Crippen LogP contribution < -0.4 is 4.90 Å². The number of hydrogen-bond donors (Lipinski definition) is 0. The summed E-state index contributed by atoms with van der Waals surface area (Å²) in [5.74, 6) is 0.861. The van der Waals surface area contributed by atoms with Crippen molar-refractivity contribution >= 4 is 5.69 Å². The second-order valence-electron chi connectivity index (χ2n) is 8.34. The van der Waals surface area contributed by atoms with Gasteiger partial charge in [0, 0.05) is 24.8 Å². The minimum Gasteiger partial charge on any atom is -0.379 e. The number of alkyl halides is 3. The fourth-order valence-corrected chi connectivity index (χ4v) is 4.12. The van der Waals surface area contributed by atoms with Crippen molar-refractivity contribution in [1.29, 1.82) is 5.26 Å². The van der Waals surface area contributed by atoms with Gasteiger partial charge in [-0.05, 0) is 73.6 Å². The van der Waals surface area contributed by atoms with Gasteiger partial charge in [-0.1, -0.05) is 12.1 Å². The van der Waals surface area contributed by atoms with Crippen molar-refractivity contribution in [3.63, 3.8) is 0 Å². The number of anilines is 1. The van der Waals surface area contributed by atoms with Crippen LogP contribution >= 0.6 is 0 Å². The monoisotopic (exact) mass is 414 g/mol. The summed E-state index contributed by atoms with van der Waals surface area (Å²) in [7, 11) is 0. The predicted octanol–water partition coefficient (Wildman–Crippen LogP) is 5.76. The Labute approximate surface area is 175 Å². The van der Waals surface area contributed by atoms with Crippen molar-refractivity contribution < 1.29 is 17.9 Å². The molecule has 2 aliphatic rings. The topological polar surface area (TPSA) is 36.3 Å². The Hall–Kier alpha value is -2.52. The van der Waals surface area contributed by atoms with Crippen LogP contribution in [-0.4, -0.2) is 25.8 Å². The Morgan fingerprint density at radius 3 is 2.23 bits per heavy atom. The molecule has 30 heavy (non-hydrogen) atoms. The van der Waals surface area contributed by atoms with Gasteiger partial charge in [0.05, 0.1) is 29.8 Å². The third-order valence-corrected chi connectivity index (χ3v) is 6.10. The van der Waals surface area contributed by atoms with Crippen LogP contribution in [0.1, 0.15) is 48.3 Å². The van der Waals surface area contributed by atoms with E-state index in [9.17, 15) is 13.2 Å². The number of benzene rings is 2. The molecule has 2 atom stereocenters. The van der Waals surface area contributed by atoms with Crippen LogP contribution in [0.5, 0.6) is 0 Å². The second-order valence-corrected chi connectivity index (χ2v) is 8.34. The van der Waals surface area contributed by atoms with E-state index in [1.807, 2.05) is 12.1 Å². The summed E-state index contributed by atoms with van der Waals surface area (Å²) < 4.78 is 44.6. The van der Waals surface area contributed by atoms with E-state index < -0.39 is 11.7 Å². The molecule has 0 aromatic heterocycles. The molecule has 0 spiro atoms. The summed E-state index contributed by atoms with van der Waals surface area (Å²) in [5, 5.41) is 9.07. The third kappa shape index (κ3) is 4.96. The lowest BCUT2D eigenvalue weighted by Crippen LogP contribution is -2.45. The normalized spacial score (nSPS) is 22.0. The first-order chi connectivity index (χ1) is 14.4. The largest absolute Gasteiger partial charge is 0.416 e. The number of rotatable bonds is 6. The van der Waals surface area contributed by atoms with Gasteiger partial charge in [0.1, 0.15) is 0 Å². The molecule has 1 aliphatic heterocycles. The minimum atomic E-state index is -4.32. The molecule has 1 saturated heterocycles. The second kappa shape index (κ2) is 8.69. The molecule has 0 radical (unpaired) electrons. The molecule has 0 amide bonds. The minimum absolute atomic E-state index is 0.155. The molecule has 1 aliphatic carbocycles. The predicted molar refractivity (Wildman–Crippen MR) is 109 cm³/mol. The average molecular weight is 414 g/mol. The van der Waals surface area contributed by atoms with Crippen LogP contribution in [0.25, 0.3) is 0 Å². The zero-order valence-electron chi connectivity index (χ0n) is 16.7. The fourth-order valence-electron chi connectivity index (χ4n) is 4.12. The van der Waals surface area contributed by atoms with Crippen LogP contribution in [0.4, 0.5) is 18.9 Å². The molecule has 4 rings (SSSR count). The van der Waals surface area contributed by atoms with E-state index in [0.717, 1.165) is 30.7 Å². The van der Waals surface area contributed by atoms with E-state index in [1.165, 1.54) is 25.0 Å². The van der Waals surface area contributed by atoms with E-state index in [0.29, 0.717) is 24.6 Å². The first kappa shape index (κ1) is 20.7. The zero-order valence-corrected chi connectivity index (χ0v) is 16.7. The van der Waals surface area contributed by atoms with Gasteiger partial charge in [-0.25, -0.2) is 0 Å². The van der Waals surface area contributed by atoms with E-state index in [1.54, 1.807) is 24.3 Å². The Morgan fingerprint density at radius 1 is 0.933 bits per heavy atom. The molecule has 2 aromatic rings. The van der Waals surface area contributed by atoms with Crippen molar-refractivity contribution in [3.05, 3.63) is 65.2 Å². The van der Waals surface area contributed by atoms with E-state index in [4.69, 9.17) is 10.00 Å². The molecule has 158 valence electrons. The third-order valence-electron chi connectivity index (χ3n) is 6.10. The Bertz CT molecular complexity index is 883. The Kier molecular flexibility index (Phi) is 6.01. The van der Waals surface area contributed by atoms with Gasteiger partial charge >= 0.3 is 6.18 Å². The lowest BCUT2D eigenvalue weighted by Gasteiger charge is -2.41. The molecular formula is C24H25F3N2O. The quantitative estimate of drug-likeness (QED) is 0.603. The number of nitriles is 1. The highest BCUT2D eigenvalue weighted by molar-refractivity contribution is 5.51. The number of ether oxygens (including phenoxy) is 1. The van der Waals surface area contributed by atoms with Gasteiger partial charge in [-0.2, -0.15) is 18.4 Å². The molecule has 6 heteroatoms. The molecule has 1 saturated carbocycles. The van der Waals surface area contributed by atoms with E-state index >= 15 is 0 Å². The first-order valence-electron chi connectivity index (χ1n) is 10.5. The highest BCUT2D eigenvalue weighted by atomic mass is 19.4. The van der Waals surface area contributed by atoms with Crippen molar-refractivity contribution in [2.24, 2.45) is 5.92 Å². The summed E-state index contributed by atoms with van der Waals surface area (Å²) in [6, 6.07) is 15.4. The summed E-state index contributed by atoms with van der Waals surface area (Å²) in [4.78, 5) is 2.29. The zero-order chi connectivity index (χ0) is 21.1. The van der Waals surface area contributed by atoms with Gasteiger partial charge in [0.25, 0.3) is 0 Å². The van der Waals surface area contributed by atoms with Gasteiger partial charge in [-0.15, -0.1) is 0 Å². The van der Waals surface area contributed by atoms with Gasteiger partial charge < -0.3 is 9.64 Å². The fraction of sp³-hybridized carbons (Fsp3) is 0.458. The molecule has 0 bridgehead atoms. The lowest BCUT2D eigenvalue weighted by molar-refractivity contribution is -0.137. The smallest absolute Gasteiger partial charge is 0.379 e. The summed E-state index contributed by atoms with van der Waals surface area (Å²) in [6.07, 6.45) is 0.00949. The summed E-state index contributed by atoms with van der Waals surface area (Å²) in [5.41, 5.74) is 1.94. The van der Waals surface area contributed by atoms with Gasteiger partial charge in [0.2, 0.25) is 0 Å². The van der Waals surface area contributed by atoms with Crippen molar-refractivity contribution in [3.8, 4) is 6.07 Å². The highest BCUT2D eigenvalue weighted by Crippen LogP contribution is 2.36. The molecule has 1 unspecified atom stereocenters. The molecule has 3 nitrogen and oxygen atoms in total. The highest BCUT2D eigenvalue weighted by Gasteiger charge is 2.33. The Balaban J connectivity index is 1.50. The van der Waals surface area contributed by atoms with Crippen molar-refractivity contribution in [1.82, 2.24) is 0 Å². The van der Waals surface area contributed by atoms with E-state index in [-0.39, 0.29) is 12.0 Å². The number of hydrogen-bond acceptors (Lipinski definition) is 3. The molecule has 2 fully saturated rings. The summed E-state index contributed by atoms with van der Waals surface area (Å²) in [6.45, 7) is 2.17. The van der Waals surface area contributed by atoms with Crippen LogP contribution in [0.2, 0.25) is 0 Å². The molecule has 0 N–H and O–H groups in total. The van der Waals surface area contributed by atoms with E-state index in [2.05, 4.69) is 11.0 Å². The maximum atomic E-state index is 12.9. The standard InChI is InChI=1S/C24H25F3N2O/c25-24(26,27)21-8-5-19(6-9-21)20-7-12-23(16-30-15-18-1-2-18)29(14-20)22-10-3-17(13-28)4-11-22/h3-6,8-11,18,20,23H,1-2,7,12,14-16H2/t20?,23-/m0/s1. The lowest BCUT2D eigenvalue weighted by atomic mass is 9.86. The molecular weight excluding hydrogens is 389 g/mol. The van der Waals surface area contributed by atoms with Gasteiger partial charge in [-0.3, -0.25) is 0 Å². The molecule has 2 aromatic carbocycles. The van der Waals surface area contributed by atoms with Crippen molar-refractivity contribution in [2.75, 3.05) is 24.7 Å². The van der Waals surface area contributed by atoms with Crippen LogP contribution in [-0.2, 0) is 10.9 Å². The first-order valence-corrected chi connectivity index (χ1v) is 10.5.